The maximum absolute atomic E-state index is 6.42. The molecule has 0 saturated heterocycles. The van der Waals surface area contributed by atoms with E-state index in [1.807, 2.05) is 42.2 Å². The van der Waals surface area contributed by atoms with Gasteiger partial charge in [-0.1, -0.05) is 29.8 Å². The van der Waals surface area contributed by atoms with Crippen molar-refractivity contribution in [1.82, 2.24) is 19.7 Å². The van der Waals surface area contributed by atoms with Gasteiger partial charge in [0.2, 0.25) is 5.95 Å². The van der Waals surface area contributed by atoms with Gasteiger partial charge in [0.15, 0.2) is 5.65 Å². The Morgan fingerprint density at radius 3 is 2.73 bits per heavy atom. The van der Waals surface area contributed by atoms with Crippen LogP contribution in [0.1, 0.15) is 25.7 Å². The van der Waals surface area contributed by atoms with Crippen molar-refractivity contribution < 1.29 is 0 Å². The molecule has 1 saturated carbocycles. The Bertz CT molecular complexity index is 914. The summed E-state index contributed by atoms with van der Waals surface area (Å²) >= 11 is 6.42. The molecule has 2 aromatic heterocycles. The third-order valence-corrected chi connectivity index (χ3v) is 5.49. The molecule has 3 N–H and O–H groups in total. The van der Waals surface area contributed by atoms with E-state index in [-0.39, 0.29) is 0 Å². The zero-order valence-corrected chi connectivity index (χ0v) is 15.6. The molecule has 136 valence electrons. The fourth-order valence-corrected chi connectivity index (χ4v) is 3.90. The Morgan fingerprint density at radius 1 is 1.23 bits per heavy atom. The first-order valence-electron chi connectivity index (χ1n) is 9.07. The summed E-state index contributed by atoms with van der Waals surface area (Å²) in [6.07, 6.45) is 6.25. The first kappa shape index (κ1) is 17.2. The molecule has 0 unspecified atom stereocenters. The number of nitrogens with two attached hydrogens (primary N) is 1. The second-order valence-electron chi connectivity index (χ2n) is 6.97. The quantitative estimate of drug-likeness (QED) is 0.731. The van der Waals surface area contributed by atoms with E-state index >= 15 is 0 Å². The van der Waals surface area contributed by atoms with Crippen LogP contribution in [0.4, 0.5) is 5.95 Å². The highest BCUT2D eigenvalue weighted by Gasteiger charge is 2.22. The maximum Gasteiger partial charge on any atom is 0.224 e. The van der Waals surface area contributed by atoms with Crippen molar-refractivity contribution in [1.29, 1.82) is 0 Å². The summed E-state index contributed by atoms with van der Waals surface area (Å²) in [6.45, 7) is 0.841. The molecular formula is C19H23ClN6. The number of hydrogen-bond donors (Lipinski definition) is 2. The lowest BCUT2D eigenvalue weighted by Crippen LogP contribution is -2.28. The number of benzene rings is 1. The Morgan fingerprint density at radius 2 is 2.00 bits per heavy atom. The largest absolute Gasteiger partial charge is 0.357 e. The number of nitrogens with one attached hydrogen (secondary N) is 1. The number of hydrogen-bond acceptors (Lipinski definition) is 5. The summed E-state index contributed by atoms with van der Waals surface area (Å²) in [4.78, 5) is 9.04. The lowest BCUT2D eigenvalue weighted by Gasteiger charge is -2.25. The van der Waals surface area contributed by atoms with Crippen molar-refractivity contribution in [3.8, 4) is 11.3 Å². The molecule has 4 rings (SSSR count). The third-order valence-electron chi connectivity index (χ3n) is 5.16. The molecule has 0 radical (unpaired) electrons. The average molecular weight is 371 g/mol. The summed E-state index contributed by atoms with van der Waals surface area (Å²) in [6, 6.07) is 8.11. The van der Waals surface area contributed by atoms with Crippen LogP contribution in [-0.4, -0.2) is 32.8 Å². The third kappa shape index (κ3) is 3.27. The minimum atomic E-state index is 0.345. The van der Waals surface area contributed by atoms with Crippen molar-refractivity contribution in [3.05, 3.63) is 35.5 Å². The molecule has 3 aromatic rings. The van der Waals surface area contributed by atoms with Gasteiger partial charge in [0.05, 0.1) is 10.4 Å². The van der Waals surface area contributed by atoms with Crippen LogP contribution in [0.15, 0.2) is 30.5 Å². The highest BCUT2D eigenvalue weighted by molar-refractivity contribution is 6.33. The normalized spacial score (nSPS) is 20.4. The summed E-state index contributed by atoms with van der Waals surface area (Å²) in [7, 11) is 1.82. The van der Waals surface area contributed by atoms with E-state index in [0.29, 0.717) is 22.9 Å². The highest BCUT2D eigenvalue weighted by atomic mass is 35.5. The van der Waals surface area contributed by atoms with Crippen LogP contribution in [0.25, 0.3) is 22.3 Å². The van der Waals surface area contributed by atoms with Gasteiger partial charge in [0.1, 0.15) is 5.69 Å². The molecule has 0 aliphatic heterocycles. The molecular weight excluding hydrogens is 348 g/mol. The fourth-order valence-electron chi connectivity index (χ4n) is 3.67. The lowest BCUT2D eigenvalue weighted by atomic mass is 9.86. The van der Waals surface area contributed by atoms with Gasteiger partial charge in [-0.2, -0.15) is 10.1 Å². The van der Waals surface area contributed by atoms with Crippen molar-refractivity contribution in [2.45, 2.75) is 38.3 Å². The molecule has 1 fully saturated rings. The predicted molar refractivity (Wildman–Crippen MR) is 105 cm³/mol. The summed E-state index contributed by atoms with van der Waals surface area (Å²) in [5.41, 5.74) is 8.63. The molecule has 0 amide bonds. The van der Waals surface area contributed by atoms with Gasteiger partial charge in [-0.25, -0.2) is 9.67 Å². The molecule has 0 spiro atoms. The number of aromatic nitrogens is 4. The van der Waals surface area contributed by atoms with E-state index < -0.39 is 0 Å². The highest BCUT2D eigenvalue weighted by Crippen LogP contribution is 2.33. The molecule has 6 nitrogen and oxygen atoms in total. The van der Waals surface area contributed by atoms with Gasteiger partial charge in [-0.15, -0.1) is 0 Å². The smallest absolute Gasteiger partial charge is 0.224 e. The van der Waals surface area contributed by atoms with E-state index in [9.17, 15) is 0 Å². The van der Waals surface area contributed by atoms with Gasteiger partial charge in [0, 0.05) is 31.4 Å². The van der Waals surface area contributed by atoms with Crippen LogP contribution in [-0.2, 0) is 6.54 Å². The second kappa shape index (κ2) is 7.21. The van der Waals surface area contributed by atoms with Crippen LogP contribution in [0.5, 0.6) is 0 Å². The zero-order valence-electron chi connectivity index (χ0n) is 14.8. The number of rotatable bonds is 4. The summed E-state index contributed by atoms with van der Waals surface area (Å²) in [5.74, 6) is 1.17. The topological polar surface area (TPSA) is 81.7 Å². The van der Waals surface area contributed by atoms with Crippen LogP contribution < -0.4 is 11.1 Å². The van der Waals surface area contributed by atoms with Crippen LogP contribution in [0.3, 0.4) is 0 Å². The predicted octanol–water partition coefficient (Wildman–Crippen LogP) is 3.71. The van der Waals surface area contributed by atoms with Crippen molar-refractivity contribution >= 4 is 28.6 Å². The standard InChI is InChI=1S/C19H23ClN6/c1-22-19-23-10-15-17(14-4-2-3-5-16(14)20)25-26(18(15)24-19)11-12-6-8-13(21)9-7-12/h2-5,10,12-13H,6-9,11,21H2,1H3,(H,22,23,24). The molecule has 1 aromatic carbocycles. The van der Waals surface area contributed by atoms with E-state index in [1.165, 1.54) is 0 Å². The summed E-state index contributed by atoms with van der Waals surface area (Å²) in [5, 5.41) is 9.49. The molecule has 26 heavy (non-hydrogen) atoms. The summed E-state index contributed by atoms with van der Waals surface area (Å²) < 4.78 is 2.01. The van der Waals surface area contributed by atoms with E-state index in [4.69, 9.17) is 22.4 Å². The molecule has 1 aliphatic carbocycles. The molecule has 1 aliphatic rings. The average Bonchev–Trinajstić information content (AvgIpc) is 3.01. The van der Waals surface area contributed by atoms with Crippen LogP contribution in [0.2, 0.25) is 5.02 Å². The Labute approximate surface area is 157 Å². The van der Waals surface area contributed by atoms with E-state index in [2.05, 4.69) is 15.3 Å². The van der Waals surface area contributed by atoms with Gasteiger partial charge in [-0.3, -0.25) is 0 Å². The Kier molecular flexibility index (Phi) is 4.78. The molecule has 0 atom stereocenters. The monoisotopic (exact) mass is 370 g/mol. The number of fused-ring (bicyclic) bond motifs is 1. The molecule has 7 heteroatoms. The number of nitrogens with zero attached hydrogens (tertiary/aromatic N) is 4. The first-order chi connectivity index (χ1) is 12.7. The van der Waals surface area contributed by atoms with Gasteiger partial charge < -0.3 is 11.1 Å². The Balaban J connectivity index is 1.77. The van der Waals surface area contributed by atoms with E-state index in [0.717, 1.165) is 54.5 Å². The van der Waals surface area contributed by atoms with Crippen LogP contribution >= 0.6 is 11.6 Å². The molecule has 0 bridgehead atoms. The Hall–Kier alpha value is -2.18. The second-order valence-corrected chi connectivity index (χ2v) is 7.38. The first-order valence-corrected chi connectivity index (χ1v) is 9.45. The van der Waals surface area contributed by atoms with Gasteiger partial charge >= 0.3 is 0 Å². The zero-order chi connectivity index (χ0) is 18.1. The van der Waals surface area contributed by atoms with Crippen LogP contribution in [0, 0.1) is 5.92 Å². The molecule has 2 heterocycles. The number of halogens is 1. The minimum Gasteiger partial charge on any atom is -0.357 e. The maximum atomic E-state index is 6.42. The number of anilines is 1. The van der Waals surface area contributed by atoms with E-state index in [1.54, 1.807) is 0 Å². The lowest BCUT2D eigenvalue weighted by molar-refractivity contribution is 0.288. The van der Waals surface area contributed by atoms with Gasteiger partial charge in [0.25, 0.3) is 0 Å². The SMILES string of the molecule is CNc1ncc2c(-c3ccccc3Cl)nn(CC3CCC(N)CC3)c2n1. The van der Waals surface area contributed by atoms with Gasteiger partial charge in [-0.05, 0) is 37.7 Å². The minimum absolute atomic E-state index is 0.345. The fraction of sp³-hybridized carbons (Fsp3) is 0.421. The van der Waals surface area contributed by atoms with Crippen molar-refractivity contribution in [2.24, 2.45) is 11.7 Å². The van der Waals surface area contributed by atoms with Crippen molar-refractivity contribution in [2.75, 3.05) is 12.4 Å². The van der Waals surface area contributed by atoms with Crippen molar-refractivity contribution in [3.63, 3.8) is 0 Å².